The van der Waals surface area contributed by atoms with E-state index in [1.807, 2.05) is 48.6 Å². The van der Waals surface area contributed by atoms with Gasteiger partial charge in [0.05, 0.1) is 16.8 Å². The first-order valence-corrected chi connectivity index (χ1v) is 10.6. The van der Waals surface area contributed by atoms with Crippen LogP contribution < -0.4 is 9.64 Å². The molecule has 0 saturated heterocycles. The molecule has 0 fully saturated rings. The molecule has 0 atom stereocenters. The summed E-state index contributed by atoms with van der Waals surface area (Å²) < 4.78 is 10.8. The smallest absolute Gasteiger partial charge is 0.338 e. The lowest BCUT2D eigenvalue weighted by Gasteiger charge is -2.18. The predicted molar refractivity (Wildman–Crippen MR) is 120 cm³/mol. The Kier molecular flexibility index (Phi) is 7.61. The van der Waals surface area contributed by atoms with Crippen molar-refractivity contribution in [3.8, 4) is 5.75 Å². The maximum atomic E-state index is 12.3. The van der Waals surface area contributed by atoms with Gasteiger partial charge in [0.15, 0.2) is 6.61 Å². The van der Waals surface area contributed by atoms with Gasteiger partial charge in [-0.25, -0.2) is 9.78 Å². The van der Waals surface area contributed by atoms with E-state index in [0.717, 1.165) is 16.9 Å². The minimum absolute atomic E-state index is 0.270. The van der Waals surface area contributed by atoms with Gasteiger partial charge in [-0.2, -0.15) is 0 Å². The number of benzene rings is 2. The molecule has 0 aliphatic rings. The molecule has 162 valence electrons. The quantitative estimate of drug-likeness (QED) is 0.475. The second-order valence-electron chi connectivity index (χ2n) is 7.18. The second kappa shape index (κ2) is 10.6. The number of nitrogens with zero attached hydrogens (tertiary/aromatic N) is 3. The van der Waals surface area contributed by atoms with Crippen molar-refractivity contribution in [1.29, 1.82) is 0 Å². The van der Waals surface area contributed by atoms with E-state index in [2.05, 4.69) is 4.98 Å². The number of ether oxygens (including phenoxy) is 2. The lowest BCUT2D eigenvalue weighted by atomic mass is 10.2. The van der Waals surface area contributed by atoms with Gasteiger partial charge in [0.1, 0.15) is 12.4 Å². The molecule has 3 rings (SSSR count). The summed E-state index contributed by atoms with van der Waals surface area (Å²) in [7, 11) is 5.63. The van der Waals surface area contributed by atoms with Crippen LogP contribution in [0.2, 0.25) is 0 Å². The van der Waals surface area contributed by atoms with Crippen LogP contribution in [0.5, 0.6) is 5.75 Å². The van der Waals surface area contributed by atoms with Crippen LogP contribution in [0.4, 0.5) is 5.69 Å². The summed E-state index contributed by atoms with van der Waals surface area (Å²) in [6.45, 7) is 0.494. The number of aromatic nitrogens is 1. The molecule has 0 saturated carbocycles. The van der Waals surface area contributed by atoms with Crippen molar-refractivity contribution in [1.82, 2.24) is 9.88 Å². The Morgan fingerprint density at radius 3 is 2.32 bits per heavy atom. The maximum absolute atomic E-state index is 12.3. The highest BCUT2D eigenvalue weighted by atomic mass is 32.1. The van der Waals surface area contributed by atoms with Crippen molar-refractivity contribution in [2.75, 3.05) is 32.6 Å². The highest BCUT2D eigenvalue weighted by Crippen LogP contribution is 2.16. The fourth-order valence-electron chi connectivity index (χ4n) is 2.74. The maximum Gasteiger partial charge on any atom is 0.338 e. The van der Waals surface area contributed by atoms with Crippen LogP contribution in [-0.4, -0.2) is 49.5 Å². The van der Waals surface area contributed by atoms with E-state index in [0.29, 0.717) is 24.5 Å². The van der Waals surface area contributed by atoms with Crippen molar-refractivity contribution in [3.05, 3.63) is 76.2 Å². The van der Waals surface area contributed by atoms with Crippen LogP contribution in [-0.2, 0) is 22.7 Å². The number of carbonyl (C=O) groups is 2. The Bertz CT molecular complexity index is 987. The highest BCUT2D eigenvalue weighted by Gasteiger charge is 2.14. The monoisotopic (exact) mass is 439 g/mol. The molecule has 1 heterocycles. The van der Waals surface area contributed by atoms with E-state index in [9.17, 15) is 9.59 Å². The van der Waals surface area contributed by atoms with Gasteiger partial charge >= 0.3 is 5.97 Å². The van der Waals surface area contributed by atoms with Crippen LogP contribution in [0, 0.1) is 0 Å². The zero-order chi connectivity index (χ0) is 22.2. The number of likely N-dealkylation sites (N-methyl/N-ethyl adjacent to an activating group) is 1. The number of esters is 1. The first-order chi connectivity index (χ1) is 14.9. The average molecular weight is 440 g/mol. The fraction of sp³-hybridized carbons (Fsp3) is 0.261. The molecular formula is C23H25N3O4S. The molecule has 0 radical (unpaired) electrons. The van der Waals surface area contributed by atoms with E-state index in [4.69, 9.17) is 9.47 Å². The Hall–Kier alpha value is -3.39. The van der Waals surface area contributed by atoms with Gasteiger partial charge in [-0.1, -0.05) is 12.1 Å². The minimum Gasteiger partial charge on any atom is -0.487 e. The molecular weight excluding hydrogens is 414 g/mol. The van der Waals surface area contributed by atoms with Gasteiger partial charge in [-0.3, -0.25) is 4.79 Å². The largest absolute Gasteiger partial charge is 0.487 e. The summed E-state index contributed by atoms with van der Waals surface area (Å²) in [5.74, 6) is -0.197. The summed E-state index contributed by atoms with van der Waals surface area (Å²) in [6, 6.07) is 14.5. The molecule has 8 heteroatoms. The van der Waals surface area contributed by atoms with Crippen molar-refractivity contribution in [3.63, 3.8) is 0 Å². The molecule has 7 nitrogen and oxygen atoms in total. The first-order valence-electron chi connectivity index (χ1n) is 9.69. The number of rotatable bonds is 9. The molecule has 3 aromatic rings. The summed E-state index contributed by atoms with van der Waals surface area (Å²) in [5, 5.41) is 1.92. The van der Waals surface area contributed by atoms with E-state index >= 15 is 0 Å². The summed E-state index contributed by atoms with van der Waals surface area (Å²) in [5.41, 5.74) is 5.05. The van der Waals surface area contributed by atoms with E-state index in [1.54, 1.807) is 36.8 Å². The molecule has 0 aliphatic heterocycles. The molecule has 0 spiro atoms. The molecule has 31 heavy (non-hydrogen) atoms. The van der Waals surface area contributed by atoms with Gasteiger partial charge in [-0.05, 0) is 42.0 Å². The van der Waals surface area contributed by atoms with Crippen LogP contribution in [0.15, 0.2) is 59.4 Å². The van der Waals surface area contributed by atoms with Gasteiger partial charge in [0, 0.05) is 38.8 Å². The number of hydrogen-bond acceptors (Lipinski definition) is 7. The molecule has 0 aliphatic carbocycles. The normalized spacial score (nSPS) is 10.4. The third kappa shape index (κ3) is 6.55. The Balaban J connectivity index is 1.45. The third-order valence-electron chi connectivity index (χ3n) is 4.59. The van der Waals surface area contributed by atoms with Crippen molar-refractivity contribution in [2.24, 2.45) is 0 Å². The Morgan fingerprint density at radius 2 is 1.71 bits per heavy atom. The van der Waals surface area contributed by atoms with Gasteiger partial charge in [0.25, 0.3) is 5.91 Å². The van der Waals surface area contributed by atoms with Gasteiger partial charge in [0.2, 0.25) is 0 Å². The van der Waals surface area contributed by atoms with Crippen LogP contribution in [0.1, 0.15) is 21.6 Å². The standard InChI is InChI=1S/C23H25N3O4S/c1-25(2)20-8-4-17(5-9-20)12-26(3)22(27)14-30-23(28)18-6-10-21(11-7-18)29-13-19-15-31-16-24-19/h4-11,15-16H,12-14H2,1-3H3. The number of hydrogen-bond donors (Lipinski definition) is 0. The third-order valence-corrected chi connectivity index (χ3v) is 5.22. The zero-order valence-electron chi connectivity index (χ0n) is 17.8. The van der Waals surface area contributed by atoms with Crippen molar-refractivity contribution < 1.29 is 19.1 Å². The van der Waals surface area contributed by atoms with E-state index < -0.39 is 5.97 Å². The first kappa shape index (κ1) is 22.3. The van der Waals surface area contributed by atoms with E-state index in [-0.39, 0.29) is 12.5 Å². The number of amides is 1. The molecule has 1 amide bonds. The molecule has 0 bridgehead atoms. The molecule has 1 aromatic heterocycles. The summed E-state index contributed by atoms with van der Waals surface area (Å²) in [4.78, 5) is 32.3. The number of anilines is 1. The topological polar surface area (TPSA) is 72.0 Å². The lowest BCUT2D eigenvalue weighted by Crippen LogP contribution is -2.30. The van der Waals surface area contributed by atoms with Gasteiger partial charge < -0.3 is 19.3 Å². The highest BCUT2D eigenvalue weighted by molar-refractivity contribution is 7.07. The average Bonchev–Trinajstić information content (AvgIpc) is 3.30. The molecule has 0 N–H and O–H groups in total. The van der Waals surface area contributed by atoms with Crippen LogP contribution in [0.3, 0.4) is 0 Å². The number of carbonyl (C=O) groups excluding carboxylic acids is 2. The molecule has 2 aromatic carbocycles. The van der Waals surface area contributed by atoms with Crippen molar-refractivity contribution in [2.45, 2.75) is 13.2 Å². The zero-order valence-corrected chi connectivity index (χ0v) is 18.6. The Morgan fingerprint density at radius 1 is 1.00 bits per heavy atom. The second-order valence-corrected chi connectivity index (χ2v) is 7.90. The fourth-order valence-corrected chi connectivity index (χ4v) is 3.28. The van der Waals surface area contributed by atoms with Crippen LogP contribution >= 0.6 is 11.3 Å². The number of thiazole rings is 1. The predicted octanol–water partition coefficient (Wildman–Crippen LogP) is 3.60. The van der Waals surface area contributed by atoms with E-state index in [1.165, 1.54) is 16.2 Å². The Labute approximate surface area is 185 Å². The molecule has 0 unspecified atom stereocenters. The van der Waals surface area contributed by atoms with Gasteiger partial charge in [-0.15, -0.1) is 11.3 Å². The SMILES string of the molecule is CN(Cc1ccc(N(C)C)cc1)C(=O)COC(=O)c1ccc(OCc2cscn2)cc1. The minimum atomic E-state index is -0.553. The van der Waals surface area contributed by atoms with Crippen LogP contribution in [0.25, 0.3) is 0 Å². The summed E-state index contributed by atoms with van der Waals surface area (Å²) in [6.07, 6.45) is 0. The lowest BCUT2D eigenvalue weighted by molar-refractivity contribution is -0.133. The van der Waals surface area contributed by atoms with Crippen molar-refractivity contribution >= 4 is 28.9 Å². The summed E-state index contributed by atoms with van der Waals surface area (Å²) >= 11 is 1.51.